The first-order valence-corrected chi connectivity index (χ1v) is 9.03. The van der Waals surface area contributed by atoms with Crippen LogP contribution < -0.4 is 5.32 Å². The number of carbonyl (C=O) groups is 1. The van der Waals surface area contributed by atoms with E-state index in [1.165, 1.54) is 7.11 Å². The largest absolute Gasteiger partial charge is 0.469 e. The lowest BCUT2D eigenvalue weighted by atomic mass is 9.85. The fraction of sp³-hybridized carbons (Fsp3) is 0.944. The number of nitrogens with one attached hydrogen (secondary N) is 1. The monoisotopic (exact) mass is 326 g/mol. The summed E-state index contributed by atoms with van der Waals surface area (Å²) < 4.78 is 10.7. The highest BCUT2D eigenvalue weighted by Crippen LogP contribution is 2.26. The van der Waals surface area contributed by atoms with Crippen molar-refractivity contribution in [1.82, 2.24) is 10.2 Å². The Balaban J connectivity index is 1.77. The number of methoxy groups -OCH3 is 1. The molecule has 0 aromatic carbocycles. The van der Waals surface area contributed by atoms with Gasteiger partial charge in [0.05, 0.1) is 25.2 Å². The Bertz CT molecular complexity index is 382. The Labute approximate surface area is 141 Å². The summed E-state index contributed by atoms with van der Waals surface area (Å²) in [5.41, 5.74) is 0.117. The smallest absolute Gasteiger partial charge is 0.308 e. The molecule has 0 amide bonds. The van der Waals surface area contributed by atoms with Crippen LogP contribution in [0.3, 0.4) is 0 Å². The van der Waals surface area contributed by atoms with Gasteiger partial charge in [-0.3, -0.25) is 9.69 Å². The number of ether oxygens (including phenoxy) is 2. The highest BCUT2D eigenvalue weighted by molar-refractivity contribution is 5.72. The second kappa shape index (κ2) is 7.95. The Hall–Kier alpha value is -0.650. The lowest BCUT2D eigenvalue weighted by molar-refractivity contribution is -0.146. The minimum atomic E-state index is -0.0416. The molecule has 2 atom stereocenters. The van der Waals surface area contributed by atoms with Crippen molar-refractivity contribution < 1.29 is 14.3 Å². The molecule has 0 spiro atoms. The third-order valence-electron chi connectivity index (χ3n) is 5.36. The average molecular weight is 326 g/mol. The number of nitrogens with zero attached hydrogens (tertiary/aromatic N) is 1. The number of carbonyl (C=O) groups excluding carboxylic acids is 1. The fourth-order valence-corrected chi connectivity index (χ4v) is 3.88. The molecule has 23 heavy (non-hydrogen) atoms. The zero-order valence-corrected chi connectivity index (χ0v) is 15.4. The molecule has 0 aromatic rings. The van der Waals surface area contributed by atoms with E-state index in [2.05, 4.69) is 37.9 Å². The first kappa shape index (κ1) is 18.7. The van der Waals surface area contributed by atoms with Gasteiger partial charge in [-0.25, -0.2) is 0 Å². The number of esters is 1. The second-order valence-electron chi connectivity index (χ2n) is 7.93. The first-order chi connectivity index (χ1) is 10.8. The van der Waals surface area contributed by atoms with Crippen LogP contribution in [0, 0.1) is 5.92 Å². The van der Waals surface area contributed by atoms with Gasteiger partial charge in [0.1, 0.15) is 0 Å². The number of rotatable bonds is 5. The molecule has 1 saturated heterocycles. The van der Waals surface area contributed by atoms with Gasteiger partial charge in [-0.15, -0.1) is 0 Å². The molecule has 134 valence electrons. The van der Waals surface area contributed by atoms with E-state index in [0.717, 1.165) is 45.3 Å². The van der Waals surface area contributed by atoms with Gasteiger partial charge in [0.15, 0.2) is 0 Å². The van der Waals surface area contributed by atoms with Crippen LogP contribution in [0.2, 0.25) is 0 Å². The van der Waals surface area contributed by atoms with E-state index in [0.29, 0.717) is 18.2 Å². The van der Waals surface area contributed by atoms with Gasteiger partial charge in [-0.2, -0.15) is 0 Å². The molecule has 5 nitrogen and oxygen atoms in total. The Morgan fingerprint density at radius 1 is 1.17 bits per heavy atom. The zero-order chi connectivity index (χ0) is 17.0. The lowest BCUT2D eigenvalue weighted by Crippen LogP contribution is -2.59. The Kier molecular flexibility index (Phi) is 6.46. The summed E-state index contributed by atoms with van der Waals surface area (Å²) in [4.78, 5) is 14.1. The molecule has 0 aromatic heterocycles. The molecule has 2 fully saturated rings. The maximum atomic E-state index is 11.6. The van der Waals surface area contributed by atoms with E-state index in [1.54, 1.807) is 0 Å². The summed E-state index contributed by atoms with van der Waals surface area (Å²) in [5, 5.41) is 3.73. The molecule has 0 bridgehead atoms. The van der Waals surface area contributed by atoms with Gasteiger partial charge in [0.25, 0.3) is 0 Å². The molecular weight excluding hydrogens is 292 g/mol. The summed E-state index contributed by atoms with van der Waals surface area (Å²) in [7, 11) is 1.49. The van der Waals surface area contributed by atoms with Crippen molar-refractivity contribution in [2.24, 2.45) is 5.92 Å². The van der Waals surface area contributed by atoms with Crippen molar-refractivity contribution >= 4 is 5.97 Å². The predicted octanol–water partition coefficient (Wildman–Crippen LogP) is 2.20. The summed E-state index contributed by atoms with van der Waals surface area (Å²) in [6, 6.07) is 0.520. The van der Waals surface area contributed by atoms with Crippen molar-refractivity contribution in [1.29, 1.82) is 0 Å². The lowest BCUT2D eigenvalue weighted by Gasteiger charge is -2.46. The van der Waals surface area contributed by atoms with Crippen LogP contribution in [0.15, 0.2) is 0 Å². The standard InChI is InChI=1S/C18H34N2O3/c1-13-10-20(11-14(2)23-13)18(3,4)12-19-16-8-6-15(7-9-16)17(21)22-5/h13-16,19H,6-12H2,1-5H3/t13-,14-,15?,16?/m1/s1. The van der Waals surface area contributed by atoms with Crippen LogP contribution in [0.1, 0.15) is 53.4 Å². The van der Waals surface area contributed by atoms with Gasteiger partial charge >= 0.3 is 5.97 Å². The van der Waals surface area contributed by atoms with Gasteiger partial charge in [-0.1, -0.05) is 0 Å². The predicted molar refractivity (Wildman–Crippen MR) is 91.4 cm³/mol. The summed E-state index contributed by atoms with van der Waals surface area (Å²) in [6.45, 7) is 11.9. The molecule has 1 heterocycles. The molecule has 5 heteroatoms. The van der Waals surface area contributed by atoms with Gasteiger partial charge in [0.2, 0.25) is 0 Å². The van der Waals surface area contributed by atoms with Crippen molar-refractivity contribution in [3.8, 4) is 0 Å². The van der Waals surface area contributed by atoms with Gasteiger partial charge in [-0.05, 0) is 53.4 Å². The van der Waals surface area contributed by atoms with Crippen molar-refractivity contribution in [3.63, 3.8) is 0 Å². The number of hydrogen-bond donors (Lipinski definition) is 1. The average Bonchev–Trinajstić information content (AvgIpc) is 2.52. The van der Waals surface area contributed by atoms with E-state index in [1.807, 2.05) is 0 Å². The number of hydrogen-bond acceptors (Lipinski definition) is 5. The second-order valence-corrected chi connectivity index (χ2v) is 7.93. The van der Waals surface area contributed by atoms with Crippen LogP contribution in [0.5, 0.6) is 0 Å². The minimum absolute atomic E-state index is 0.0416. The van der Waals surface area contributed by atoms with Crippen LogP contribution in [0.25, 0.3) is 0 Å². The Morgan fingerprint density at radius 2 is 1.74 bits per heavy atom. The van der Waals surface area contributed by atoms with Gasteiger partial charge < -0.3 is 14.8 Å². The van der Waals surface area contributed by atoms with E-state index < -0.39 is 0 Å². The summed E-state index contributed by atoms with van der Waals surface area (Å²) >= 11 is 0. The summed E-state index contributed by atoms with van der Waals surface area (Å²) in [6.07, 6.45) is 4.60. The van der Waals surface area contributed by atoms with E-state index >= 15 is 0 Å². The topological polar surface area (TPSA) is 50.8 Å². The molecule has 1 saturated carbocycles. The molecular formula is C18H34N2O3. The molecule has 0 unspecified atom stereocenters. The molecule has 1 aliphatic carbocycles. The SMILES string of the molecule is COC(=O)C1CCC(NCC(C)(C)N2C[C@@H](C)O[C@H](C)C2)CC1. The number of morpholine rings is 1. The van der Waals surface area contributed by atoms with Gasteiger partial charge in [0, 0.05) is 31.2 Å². The molecule has 0 radical (unpaired) electrons. The molecule has 2 aliphatic rings. The normalized spacial score (nSPS) is 33.4. The highest BCUT2D eigenvalue weighted by atomic mass is 16.5. The van der Waals surface area contributed by atoms with E-state index in [4.69, 9.17) is 9.47 Å². The summed E-state index contributed by atoms with van der Waals surface area (Å²) in [5.74, 6) is 0.0621. The maximum absolute atomic E-state index is 11.6. The van der Waals surface area contributed by atoms with Crippen molar-refractivity contribution in [2.75, 3.05) is 26.7 Å². The fourth-order valence-electron chi connectivity index (χ4n) is 3.88. The van der Waals surface area contributed by atoms with Crippen molar-refractivity contribution in [3.05, 3.63) is 0 Å². The van der Waals surface area contributed by atoms with Crippen LogP contribution in [0.4, 0.5) is 0 Å². The maximum Gasteiger partial charge on any atom is 0.308 e. The van der Waals surface area contributed by atoms with Crippen LogP contribution >= 0.6 is 0 Å². The highest BCUT2D eigenvalue weighted by Gasteiger charge is 2.34. The van der Waals surface area contributed by atoms with Crippen LogP contribution in [-0.2, 0) is 14.3 Å². The third kappa shape index (κ3) is 5.16. The van der Waals surface area contributed by atoms with Crippen molar-refractivity contribution in [2.45, 2.75) is 77.2 Å². The van der Waals surface area contributed by atoms with Crippen LogP contribution in [-0.4, -0.2) is 61.4 Å². The molecule has 1 aliphatic heterocycles. The first-order valence-electron chi connectivity index (χ1n) is 9.03. The third-order valence-corrected chi connectivity index (χ3v) is 5.36. The van der Waals surface area contributed by atoms with E-state index in [-0.39, 0.29) is 17.4 Å². The quantitative estimate of drug-likeness (QED) is 0.785. The molecule has 1 N–H and O–H groups in total. The Morgan fingerprint density at radius 3 is 2.26 bits per heavy atom. The molecule has 2 rings (SSSR count). The van der Waals surface area contributed by atoms with E-state index in [9.17, 15) is 4.79 Å². The zero-order valence-electron chi connectivity index (χ0n) is 15.4. The minimum Gasteiger partial charge on any atom is -0.469 e.